The van der Waals surface area contributed by atoms with Crippen LogP contribution in [0.5, 0.6) is 0 Å². The Kier molecular flexibility index (Phi) is 6.90. The average molecular weight is 495 g/mol. The Morgan fingerprint density at radius 1 is 1.06 bits per heavy atom. The third-order valence-electron chi connectivity index (χ3n) is 5.05. The summed E-state index contributed by atoms with van der Waals surface area (Å²) in [6.45, 7) is 1.71. The fraction of sp³-hybridized carbons (Fsp3) is 0.120. The smallest absolute Gasteiger partial charge is 0.339 e. The van der Waals surface area contributed by atoms with Gasteiger partial charge in [0.25, 0.3) is 5.91 Å². The minimum atomic E-state index is -1.22. The minimum Gasteiger partial charge on any atom is -0.478 e. The number of hydrogen-bond donors (Lipinski definition) is 2. The van der Waals surface area contributed by atoms with Crippen molar-refractivity contribution in [2.45, 2.75) is 19.4 Å². The van der Waals surface area contributed by atoms with Crippen molar-refractivity contribution in [3.8, 4) is 10.6 Å². The molecule has 7 nitrogen and oxygen atoms in total. The molecule has 0 radical (unpaired) electrons. The van der Waals surface area contributed by atoms with Crippen molar-refractivity contribution in [1.29, 1.82) is 0 Å². The maximum absolute atomic E-state index is 13.0. The number of halogens is 1. The van der Waals surface area contributed by atoms with Crippen molar-refractivity contribution < 1.29 is 24.2 Å². The molecule has 1 atom stereocenters. The first-order valence-corrected chi connectivity index (χ1v) is 11.6. The van der Waals surface area contributed by atoms with Crippen LogP contribution in [-0.4, -0.2) is 34.0 Å². The number of hydrogen-bond acceptors (Lipinski definition) is 6. The Morgan fingerprint density at radius 3 is 2.53 bits per heavy atom. The Bertz CT molecular complexity index is 1370. The minimum absolute atomic E-state index is 0.0513. The first-order chi connectivity index (χ1) is 16.4. The van der Waals surface area contributed by atoms with Crippen LogP contribution in [0.15, 0.2) is 66.7 Å². The first kappa shape index (κ1) is 23.4. The number of aromatic carboxylic acids is 1. The third kappa shape index (κ3) is 4.93. The third-order valence-corrected chi connectivity index (χ3v) is 6.45. The number of carboxylic acid groups (broad SMARTS) is 1. The highest BCUT2D eigenvalue weighted by Crippen LogP contribution is 2.32. The summed E-state index contributed by atoms with van der Waals surface area (Å²) in [5.74, 6) is -2.45. The number of amides is 1. The molecule has 1 heterocycles. The van der Waals surface area contributed by atoms with Crippen LogP contribution >= 0.6 is 22.9 Å². The normalized spacial score (nSPS) is 11.7. The van der Waals surface area contributed by atoms with Crippen molar-refractivity contribution in [3.05, 3.63) is 82.9 Å². The maximum Gasteiger partial charge on any atom is 0.339 e. The van der Waals surface area contributed by atoms with Crippen LogP contribution in [-0.2, 0) is 9.53 Å². The largest absolute Gasteiger partial charge is 0.478 e. The molecule has 1 aromatic heterocycles. The molecular weight excluding hydrogens is 476 g/mol. The van der Waals surface area contributed by atoms with E-state index in [9.17, 15) is 19.5 Å². The molecule has 0 spiro atoms. The van der Waals surface area contributed by atoms with Gasteiger partial charge in [-0.1, -0.05) is 48.9 Å². The highest BCUT2D eigenvalue weighted by molar-refractivity contribution is 7.21. The molecule has 4 rings (SSSR count). The number of esters is 1. The van der Waals surface area contributed by atoms with Crippen LogP contribution in [0.4, 0.5) is 5.69 Å². The van der Waals surface area contributed by atoms with Crippen molar-refractivity contribution in [2.24, 2.45) is 0 Å². The van der Waals surface area contributed by atoms with E-state index in [0.717, 1.165) is 10.2 Å². The summed E-state index contributed by atoms with van der Waals surface area (Å²) >= 11 is 7.34. The van der Waals surface area contributed by atoms with E-state index in [1.54, 1.807) is 25.1 Å². The van der Waals surface area contributed by atoms with Gasteiger partial charge in [0.2, 0.25) is 0 Å². The molecule has 0 saturated carbocycles. The molecule has 4 aromatic rings. The molecule has 1 unspecified atom stereocenters. The van der Waals surface area contributed by atoms with E-state index < -0.39 is 23.9 Å². The maximum atomic E-state index is 13.0. The van der Waals surface area contributed by atoms with Crippen LogP contribution in [0.3, 0.4) is 0 Å². The molecule has 2 N–H and O–H groups in total. The average Bonchev–Trinajstić information content (AvgIpc) is 3.27. The summed E-state index contributed by atoms with van der Waals surface area (Å²) in [6.07, 6.45) is -0.861. The monoisotopic (exact) mass is 494 g/mol. The fourth-order valence-electron chi connectivity index (χ4n) is 3.34. The van der Waals surface area contributed by atoms with Crippen LogP contribution < -0.4 is 5.32 Å². The predicted molar refractivity (Wildman–Crippen MR) is 132 cm³/mol. The van der Waals surface area contributed by atoms with Gasteiger partial charge in [0.05, 0.1) is 26.4 Å². The van der Waals surface area contributed by atoms with Gasteiger partial charge in [0, 0.05) is 11.3 Å². The number of ether oxygens (including phenoxy) is 1. The summed E-state index contributed by atoms with van der Waals surface area (Å²) in [7, 11) is 0. The van der Waals surface area contributed by atoms with E-state index in [1.807, 2.05) is 30.3 Å². The van der Waals surface area contributed by atoms with Crippen molar-refractivity contribution >= 4 is 56.7 Å². The number of fused-ring (bicyclic) bond motifs is 1. The van der Waals surface area contributed by atoms with E-state index in [4.69, 9.17) is 16.3 Å². The van der Waals surface area contributed by atoms with E-state index in [1.165, 1.54) is 29.5 Å². The summed E-state index contributed by atoms with van der Waals surface area (Å²) < 4.78 is 6.54. The number of carbonyl (C=O) groups excluding carboxylic acids is 2. The van der Waals surface area contributed by atoms with Gasteiger partial charge in [-0.05, 0) is 42.8 Å². The Morgan fingerprint density at radius 2 is 1.79 bits per heavy atom. The van der Waals surface area contributed by atoms with Gasteiger partial charge in [0.1, 0.15) is 5.01 Å². The second-order valence-electron chi connectivity index (χ2n) is 7.32. The fourth-order valence-corrected chi connectivity index (χ4v) is 4.54. The van der Waals surface area contributed by atoms with Crippen LogP contribution in [0.25, 0.3) is 20.8 Å². The predicted octanol–water partition coefficient (Wildman–Crippen LogP) is 5.89. The number of carbonyl (C=O) groups is 3. The van der Waals surface area contributed by atoms with E-state index >= 15 is 0 Å². The molecule has 0 saturated heterocycles. The number of nitrogens with zero attached hydrogens (tertiary/aromatic N) is 1. The molecule has 3 aromatic carbocycles. The number of carboxylic acids is 1. The number of anilines is 1. The number of nitrogens with one attached hydrogen (secondary N) is 1. The Hall–Kier alpha value is -3.75. The van der Waals surface area contributed by atoms with Crippen LogP contribution in [0, 0.1) is 0 Å². The van der Waals surface area contributed by atoms with Crippen LogP contribution in [0.2, 0.25) is 5.02 Å². The molecule has 0 aliphatic rings. The second-order valence-corrected chi connectivity index (χ2v) is 8.76. The number of thiazole rings is 1. The highest BCUT2D eigenvalue weighted by Gasteiger charge is 2.25. The first-order valence-electron chi connectivity index (χ1n) is 10.4. The number of rotatable bonds is 7. The van der Waals surface area contributed by atoms with Gasteiger partial charge in [-0.25, -0.2) is 14.6 Å². The zero-order chi connectivity index (χ0) is 24.2. The molecule has 0 aliphatic heterocycles. The molecule has 172 valence electrons. The van der Waals surface area contributed by atoms with Crippen molar-refractivity contribution in [1.82, 2.24) is 4.98 Å². The van der Waals surface area contributed by atoms with Crippen LogP contribution in [0.1, 0.15) is 34.1 Å². The molecule has 34 heavy (non-hydrogen) atoms. The van der Waals surface area contributed by atoms with Crippen molar-refractivity contribution in [3.63, 3.8) is 0 Å². The van der Waals surface area contributed by atoms with Crippen molar-refractivity contribution in [2.75, 3.05) is 5.32 Å². The van der Waals surface area contributed by atoms with Gasteiger partial charge in [-0.2, -0.15) is 0 Å². The molecular formula is C25H19ClN2O5S. The number of benzene rings is 3. The van der Waals surface area contributed by atoms with Gasteiger partial charge < -0.3 is 15.2 Å². The van der Waals surface area contributed by atoms with Gasteiger partial charge in [-0.3, -0.25) is 4.79 Å². The highest BCUT2D eigenvalue weighted by atomic mass is 35.5. The Labute approximate surface area is 204 Å². The SMILES string of the molecule is CCC(OC(=O)c1ccccc1-c1nc2ccccc2s1)C(=O)Nc1ccc(Cl)c(C(=O)O)c1. The topological polar surface area (TPSA) is 106 Å². The molecule has 9 heteroatoms. The summed E-state index contributed by atoms with van der Waals surface area (Å²) in [5.41, 5.74) is 1.84. The van der Waals surface area contributed by atoms with Gasteiger partial charge >= 0.3 is 11.9 Å². The standard InChI is InChI=1S/C25H19ClN2O5S/c1-2-20(22(29)27-14-11-12-18(26)17(13-14)24(30)31)33-25(32)16-8-4-3-7-15(16)23-28-19-9-5-6-10-21(19)34-23/h3-13,20H,2H2,1H3,(H,27,29)(H,30,31). The van der Waals surface area contributed by atoms with Gasteiger partial charge in [-0.15, -0.1) is 11.3 Å². The lowest BCUT2D eigenvalue weighted by Gasteiger charge is -2.17. The van der Waals surface area contributed by atoms with E-state index in [0.29, 0.717) is 16.1 Å². The Balaban J connectivity index is 1.54. The van der Waals surface area contributed by atoms with E-state index in [2.05, 4.69) is 10.3 Å². The molecule has 0 fully saturated rings. The summed E-state index contributed by atoms with van der Waals surface area (Å²) in [4.78, 5) is 41.7. The quantitative estimate of drug-likeness (QED) is 0.310. The number of aromatic nitrogens is 1. The lowest BCUT2D eigenvalue weighted by Crippen LogP contribution is -2.32. The zero-order valence-corrected chi connectivity index (χ0v) is 19.5. The lowest BCUT2D eigenvalue weighted by molar-refractivity contribution is -0.124. The summed E-state index contributed by atoms with van der Waals surface area (Å²) in [6, 6.07) is 18.7. The second kappa shape index (κ2) is 10.0. The number of para-hydroxylation sites is 1. The molecule has 0 bridgehead atoms. The zero-order valence-electron chi connectivity index (χ0n) is 17.9. The van der Waals surface area contributed by atoms with Gasteiger partial charge in [0.15, 0.2) is 6.10 Å². The van der Waals surface area contributed by atoms with E-state index in [-0.39, 0.29) is 22.7 Å². The summed E-state index contributed by atoms with van der Waals surface area (Å²) in [5, 5.41) is 12.5. The molecule has 1 amide bonds. The molecule has 0 aliphatic carbocycles. The lowest BCUT2D eigenvalue weighted by atomic mass is 10.1.